The van der Waals surface area contributed by atoms with Gasteiger partial charge in [-0.1, -0.05) is 19.1 Å². The van der Waals surface area contributed by atoms with Crippen molar-refractivity contribution in [3.8, 4) is 11.4 Å². The van der Waals surface area contributed by atoms with E-state index in [0.29, 0.717) is 0 Å². The fourth-order valence-corrected chi connectivity index (χ4v) is 1.92. The largest absolute Gasteiger partial charge is 0.370 e. The van der Waals surface area contributed by atoms with Gasteiger partial charge in [-0.2, -0.15) is 0 Å². The third-order valence-electron chi connectivity index (χ3n) is 3.18. The predicted molar refractivity (Wildman–Crippen MR) is 80.5 cm³/mol. The van der Waals surface area contributed by atoms with Crippen molar-refractivity contribution in [2.75, 3.05) is 11.9 Å². The van der Waals surface area contributed by atoms with Crippen LogP contribution in [0.4, 0.5) is 5.82 Å². The van der Waals surface area contributed by atoms with Gasteiger partial charge in [0.2, 0.25) is 0 Å². The van der Waals surface area contributed by atoms with E-state index in [0.717, 1.165) is 35.9 Å². The third-order valence-corrected chi connectivity index (χ3v) is 3.18. The third kappa shape index (κ3) is 3.31. The molecule has 3 nitrogen and oxygen atoms in total. The van der Waals surface area contributed by atoms with Crippen LogP contribution in [-0.2, 0) is 0 Å². The van der Waals surface area contributed by atoms with Crippen molar-refractivity contribution in [1.29, 1.82) is 0 Å². The molecule has 0 bridgehead atoms. The number of anilines is 1. The molecule has 0 amide bonds. The highest BCUT2D eigenvalue weighted by atomic mass is 15.0. The van der Waals surface area contributed by atoms with Crippen LogP contribution in [0.3, 0.4) is 0 Å². The molecule has 0 radical (unpaired) electrons. The van der Waals surface area contributed by atoms with Gasteiger partial charge in [0, 0.05) is 23.9 Å². The maximum absolute atomic E-state index is 4.59. The number of benzene rings is 1. The number of aryl methyl sites for hydroxylation is 3. The van der Waals surface area contributed by atoms with Gasteiger partial charge in [0.05, 0.1) is 0 Å². The topological polar surface area (TPSA) is 37.8 Å². The van der Waals surface area contributed by atoms with Crippen molar-refractivity contribution in [3.63, 3.8) is 0 Å². The number of aromatic nitrogens is 2. The van der Waals surface area contributed by atoms with Gasteiger partial charge in [0.25, 0.3) is 0 Å². The minimum atomic E-state index is 0.793. The highest BCUT2D eigenvalue weighted by Gasteiger charge is 2.06. The van der Waals surface area contributed by atoms with E-state index in [-0.39, 0.29) is 0 Å². The summed E-state index contributed by atoms with van der Waals surface area (Å²) in [6.45, 7) is 9.31. The van der Waals surface area contributed by atoms with Crippen molar-refractivity contribution in [2.24, 2.45) is 0 Å². The normalized spacial score (nSPS) is 10.5. The summed E-state index contributed by atoms with van der Waals surface area (Å²) in [4.78, 5) is 9.12. The first-order valence-electron chi connectivity index (χ1n) is 6.77. The fraction of sp³-hybridized carbons (Fsp3) is 0.375. The zero-order valence-electron chi connectivity index (χ0n) is 12.1. The van der Waals surface area contributed by atoms with Crippen molar-refractivity contribution >= 4 is 5.82 Å². The number of nitrogens with zero attached hydrogens (tertiary/aromatic N) is 2. The maximum Gasteiger partial charge on any atom is 0.161 e. The first-order valence-corrected chi connectivity index (χ1v) is 6.77. The Kier molecular flexibility index (Phi) is 4.15. The highest BCUT2D eigenvalue weighted by molar-refractivity contribution is 5.59. The Morgan fingerprint density at radius 2 is 1.79 bits per heavy atom. The van der Waals surface area contributed by atoms with E-state index in [9.17, 15) is 0 Å². The molecule has 1 aromatic heterocycles. The van der Waals surface area contributed by atoms with Crippen LogP contribution >= 0.6 is 0 Å². The smallest absolute Gasteiger partial charge is 0.161 e. The van der Waals surface area contributed by atoms with Crippen LogP contribution < -0.4 is 5.32 Å². The molecule has 19 heavy (non-hydrogen) atoms. The van der Waals surface area contributed by atoms with E-state index in [1.807, 2.05) is 13.0 Å². The van der Waals surface area contributed by atoms with Gasteiger partial charge in [-0.15, -0.1) is 0 Å². The molecular weight excluding hydrogens is 234 g/mol. The van der Waals surface area contributed by atoms with Gasteiger partial charge in [-0.25, -0.2) is 9.97 Å². The van der Waals surface area contributed by atoms with E-state index in [1.165, 1.54) is 11.1 Å². The summed E-state index contributed by atoms with van der Waals surface area (Å²) in [6, 6.07) is 8.34. The second-order valence-electron chi connectivity index (χ2n) is 4.94. The first-order chi connectivity index (χ1) is 9.10. The second kappa shape index (κ2) is 5.83. The Labute approximate surface area is 115 Å². The predicted octanol–water partition coefficient (Wildman–Crippen LogP) is 3.89. The zero-order chi connectivity index (χ0) is 13.8. The van der Waals surface area contributed by atoms with E-state index in [2.05, 4.69) is 54.3 Å². The molecule has 0 saturated carbocycles. The van der Waals surface area contributed by atoms with E-state index in [1.54, 1.807) is 0 Å². The standard InChI is InChI=1S/C16H21N3/c1-5-8-17-15-10-13(4)18-16(19-15)14-7-6-11(2)12(3)9-14/h6-7,9-10H,5,8H2,1-4H3,(H,17,18,19). The molecule has 0 atom stereocenters. The van der Waals surface area contributed by atoms with Crippen LogP contribution in [0.1, 0.15) is 30.2 Å². The summed E-state index contributed by atoms with van der Waals surface area (Å²) in [5, 5.41) is 3.32. The molecule has 3 heteroatoms. The van der Waals surface area contributed by atoms with Crippen LogP contribution in [-0.4, -0.2) is 16.5 Å². The Hall–Kier alpha value is -1.90. The summed E-state index contributed by atoms with van der Waals surface area (Å²) in [5.74, 6) is 1.70. The summed E-state index contributed by atoms with van der Waals surface area (Å²) in [7, 11) is 0. The molecule has 0 aliphatic heterocycles. The van der Waals surface area contributed by atoms with Gasteiger partial charge in [-0.05, 0) is 44.4 Å². The fourth-order valence-electron chi connectivity index (χ4n) is 1.92. The monoisotopic (exact) mass is 255 g/mol. The number of nitrogens with one attached hydrogen (secondary N) is 1. The minimum absolute atomic E-state index is 0.793. The Balaban J connectivity index is 2.37. The molecule has 1 aromatic carbocycles. The minimum Gasteiger partial charge on any atom is -0.370 e. The lowest BCUT2D eigenvalue weighted by molar-refractivity contribution is 0.962. The summed E-state index contributed by atoms with van der Waals surface area (Å²) in [5.41, 5.74) is 4.62. The molecule has 0 saturated heterocycles. The lowest BCUT2D eigenvalue weighted by atomic mass is 10.1. The Bertz CT molecular complexity index is 576. The van der Waals surface area contributed by atoms with E-state index in [4.69, 9.17) is 0 Å². The molecule has 1 N–H and O–H groups in total. The molecule has 2 rings (SSSR count). The van der Waals surface area contributed by atoms with Crippen LogP contribution in [0.5, 0.6) is 0 Å². The average molecular weight is 255 g/mol. The lowest BCUT2D eigenvalue weighted by Gasteiger charge is -2.09. The Morgan fingerprint density at radius 3 is 2.47 bits per heavy atom. The van der Waals surface area contributed by atoms with Gasteiger partial charge >= 0.3 is 0 Å². The van der Waals surface area contributed by atoms with Gasteiger partial charge in [0.15, 0.2) is 5.82 Å². The lowest BCUT2D eigenvalue weighted by Crippen LogP contribution is -2.04. The molecule has 0 unspecified atom stereocenters. The van der Waals surface area contributed by atoms with E-state index < -0.39 is 0 Å². The average Bonchev–Trinajstić information content (AvgIpc) is 2.39. The number of hydrogen-bond acceptors (Lipinski definition) is 3. The molecular formula is C16H21N3. The highest BCUT2D eigenvalue weighted by Crippen LogP contribution is 2.20. The molecule has 0 spiro atoms. The molecule has 0 aliphatic carbocycles. The SMILES string of the molecule is CCCNc1cc(C)nc(-c2ccc(C)c(C)c2)n1. The van der Waals surface area contributed by atoms with Crippen LogP contribution in [0, 0.1) is 20.8 Å². The Morgan fingerprint density at radius 1 is 1.00 bits per heavy atom. The quantitative estimate of drug-likeness (QED) is 0.900. The first kappa shape index (κ1) is 13.5. The van der Waals surface area contributed by atoms with Crippen LogP contribution in [0.25, 0.3) is 11.4 Å². The molecule has 2 aromatic rings. The van der Waals surface area contributed by atoms with Crippen LogP contribution in [0.2, 0.25) is 0 Å². The molecule has 0 fully saturated rings. The molecule has 100 valence electrons. The molecule has 1 heterocycles. The van der Waals surface area contributed by atoms with Crippen molar-refractivity contribution in [3.05, 3.63) is 41.1 Å². The van der Waals surface area contributed by atoms with Crippen molar-refractivity contribution in [1.82, 2.24) is 9.97 Å². The molecule has 0 aliphatic rings. The summed E-state index contributed by atoms with van der Waals surface area (Å²) >= 11 is 0. The van der Waals surface area contributed by atoms with Crippen LogP contribution in [0.15, 0.2) is 24.3 Å². The van der Waals surface area contributed by atoms with Gasteiger partial charge < -0.3 is 5.32 Å². The van der Waals surface area contributed by atoms with Gasteiger partial charge in [0.1, 0.15) is 5.82 Å². The zero-order valence-corrected chi connectivity index (χ0v) is 12.1. The second-order valence-corrected chi connectivity index (χ2v) is 4.94. The number of hydrogen-bond donors (Lipinski definition) is 1. The van der Waals surface area contributed by atoms with Crippen molar-refractivity contribution in [2.45, 2.75) is 34.1 Å². The number of rotatable bonds is 4. The van der Waals surface area contributed by atoms with Crippen molar-refractivity contribution < 1.29 is 0 Å². The van der Waals surface area contributed by atoms with E-state index >= 15 is 0 Å². The summed E-state index contributed by atoms with van der Waals surface area (Å²) in [6.07, 6.45) is 1.09. The maximum atomic E-state index is 4.59. The van der Waals surface area contributed by atoms with Gasteiger partial charge in [-0.3, -0.25) is 0 Å². The summed E-state index contributed by atoms with van der Waals surface area (Å²) < 4.78 is 0.